The molecule has 4 nitrogen and oxygen atoms in total. The average Bonchev–Trinajstić information content (AvgIpc) is 2.35. The summed E-state index contributed by atoms with van der Waals surface area (Å²) in [5, 5.41) is 2.99. The minimum atomic E-state index is 0.657. The van der Waals surface area contributed by atoms with E-state index in [4.69, 9.17) is 0 Å². The fourth-order valence-corrected chi connectivity index (χ4v) is 2.54. The van der Waals surface area contributed by atoms with Crippen molar-refractivity contribution in [3.8, 4) is 0 Å². The maximum atomic E-state index is 4.45. The third-order valence-corrected chi connectivity index (χ3v) is 3.68. The molecule has 2 atom stereocenters. The Morgan fingerprint density at radius 2 is 1.94 bits per heavy atom. The summed E-state index contributed by atoms with van der Waals surface area (Å²) in [6, 6.07) is 1.31. The zero-order valence-electron chi connectivity index (χ0n) is 11.0. The minimum Gasteiger partial charge on any atom is -0.372 e. The van der Waals surface area contributed by atoms with E-state index in [1.807, 2.05) is 13.2 Å². The first-order valence-corrected chi connectivity index (χ1v) is 6.45. The van der Waals surface area contributed by atoms with Gasteiger partial charge in [-0.3, -0.25) is 9.88 Å². The van der Waals surface area contributed by atoms with E-state index in [1.54, 1.807) is 6.20 Å². The summed E-state index contributed by atoms with van der Waals surface area (Å²) in [5.74, 6) is 0.827. The summed E-state index contributed by atoms with van der Waals surface area (Å²) in [6.45, 7) is 5.54. The zero-order chi connectivity index (χ0) is 12.3. The molecule has 1 aliphatic rings. The summed E-state index contributed by atoms with van der Waals surface area (Å²) < 4.78 is 0. The van der Waals surface area contributed by atoms with Crippen LogP contribution in [-0.2, 0) is 6.54 Å². The first-order chi connectivity index (χ1) is 8.20. The normalized spacial score (nSPS) is 25.8. The van der Waals surface area contributed by atoms with Crippen LogP contribution in [0, 0.1) is 0 Å². The monoisotopic (exact) mass is 234 g/mol. The molecule has 0 unspecified atom stereocenters. The molecule has 1 saturated heterocycles. The van der Waals surface area contributed by atoms with Crippen molar-refractivity contribution in [2.45, 2.75) is 51.7 Å². The average molecular weight is 234 g/mol. The Balaban J connectivity index is 2.03. The van der Waals surface area contributed by atoms with Crippen LogP contribution in [0.15, 0.2) is 12.4 Å². The quantitative estimate of drug-likeness (QED) is 0.871. The van der Waals surface area contributed by atoms with Crippen molar-refractivity contribution in [3.05, 3.63) is 18.1 Å². The number of rotatable bonds is 3. The van der Waals surface area contributed by atoms with Gasteiger partial charge in [0.1, 0.15) is 5.82 Å². The summed E-state index contributed by atoms with van der Waals surface area (Å²) >= 11 is 0. The Bertz CT molecular complexity index is 339. The van der Waals surface area contributed by atoms with Gasteiger partial charge in [0.25, 0.3) is 0 Å². The van der Waals surface area contributed by atoms with E-state index in [2.05, 4.69) is 34.0 Å². The molecule has 1 N–H and O–H groups in total. The molecule has 0 spiro atoms. The fraction of sp³-hybridized carbons (Fsp3) is 0.692. The van der Waals surface area contributed by atoms with Gasteiger partial charge < -0.3 is 5.32 Å². The number of nitrogens with zero attached hydrogens (tertiary/aromatic N) is 3. The van der Waals surface area contributed by atoms with Crippen LogP contribution < -0.4 is 5.32 Å². The molecule has 0 radical (unpaired) electrons. The van der Waals surface area contributed by atoms with Gasteiger partial charge in [-0.05, 0) is 26.7 Å². The molecule has 0 aliphatic carbocycles. The second-order valence-electron chi connectivity index (χ2n) is 4.94. The number of anilines is 1. The highest BCUT2D eigenvalue weighted by Crippen LogP contribution is 2.23. The Morgan fingerprint density at radius 1 is 1.24 bits per heavy atom. The maximum Gasteiger partial charge on any atom is 0.144 e. The van der Waals surface area contributed by atoms with E-state index < -0.39 is 0 Å². The molecule has 4 heteroatoms. The number of hydrogen-bond donors (Lipinski definition) is 1. The van der Waals surface area contributed by atoms with E-state index in [0.717, 1.165) is 18.1 Å². The molecule has 1 fully saturated rings. The molecular formula is C13H22N4. The van der Waals surface area contributed by atoms with Gasteiger partial charge in [0.05, 0.1) is 18.1 Å². The lowest BCUT2D eigenvalue weighted by Crippen LogP contribution is -2.43. The highest BCUT2D eigenvalue weighted by molar-refractivity contribution is 5.29. The van der Waals surface area contributed by atoms with E-state index in [0.29, 0.717) is 12.1 Å². The Labute approximate surface area is 103 Å². The first kappa shape index (κ1) is 12.3. The molecule has 1 aliphatic heterocycles. The SMILES string of the molecule is CNc1cnc(CN2[C@H](C)CCC[C@@H]2C)cn1. The van der Waals surface area contributed by atoms with Crippen LogP contribution in [-0.4, -0.2) is 34.0 Å². The smallest absolute Gasteiger partial charge is 0.144 e. The van der Waals surface area contributed by atoms with Crippen molar-refractivity contribution >= 4 is 5.82 Å². The lowest BCUT2D eigenvalue weighted by molar-refractivity contribution is 0.0937. The van der Waals surface area contributed by atoms with Crippen LogP contribution >= 0.6 is 0 Å². The van der Waals surface area contributed by atoms with Crippen LogP contribution in [0.2, 0.25) is 0 Å². The number of nitrogens with one attached hydrogen (secondary N) is 1. The summed E-state index contributed by atoms with van der Waals surface area (Å²) in [4.78, 5) is 11.3. The molecular weight excluding hydrogens is 212 g/mol. The molecule has 94 valence electrons. The number of hydrogen-bond acceptors (Lipinski definition) is 4. The van der Waals surface area contributed by atoms with Crippen molar-refractivity contribution in [3.63, 3.8) is 0 Å². The van der Waals surface area contributed by atoms with Crippen LogP contribution in [0.1, 0.15) is 38.8 Å². The summed E-state index contributed by atoms with van der Waals surface area (Å²) in [7, 11) is 1.86. The van der Waals surface area contributed by atoms with Gasteiger partial charge in [-0.25, -0.2) is 4.98 Å². The van der Waals surface area contributed by atoms with Crippen LogP contribution in [0.3, 0.4) is 0 Å². The van der Waals surface area contributed by atoms with Gasteiger partial charge >= 0.3 is 0 Å². The molecule has 0 bridgehead atoms. The lowest BCUT2D eigenvalue weighted by atomic mass is 9.97. The molecule has 0 aromatic carbocycles. The fourth-order valence-electron chi connectivity index (χ4n) is 2.54. The summed E-state index contributed by atoms with van der Waals surface area (Å²) in [6.07, 6.45) is 7.62. The van der Waals surface area contributed by atoms with Crippen LogP contribution in [0.4, 0.5) is 5.82 Å². The van der Waals surface area contributed by atoms with Gasteiger partial charge in [-0.2, -0.15) is 0 Å². The van der Waals surface area contributed by atoms with E-state index in [1.165, 1.54) is 19.3 Å². The molecule has 2 rings (SSSR count). The predicted molar refractivity (Wildman–Crippen MR) is 69.9 cm³/mol. The Hall–Kier alpha value is -1.16. The molecule has 1 aromatic heterocycles. The van der Waals surface area contributed by atoms with E-state index in [-0.39, 0.29) is 0 Å². The third kappa shape index (κ3) is 2.94. The molecule has 0 saturated carbocycles. The molecule has 0 amide bonds. The van der Waals surface area contributed by atoms with Crippen LogP contribution in [0.5, 0.6) is 0 Å². The largest absolute Gasteiger partial charge is 0.372 e. The van der Waals surface area contributed by atoms with Crippen molar-refractivity contribution < 1.29 is 0 Å². The third-order valence-electron chi connectivity index (χ3n) is 3.68. The van der Waals surface area contributed by atoms with E-state index in [9.17, 15) is 0 Å². The molecule has 17 heavy (non-hydrogen) atoms. The number of likely N-dealkylation sites (tertiary alicyclic amines) is 1. The van der Waals surface area contributed by atoms with Gasteiger partial charge in [0.15, 0.2) is 0 Å². The topological polar surface area (TPSA) is 41.1 Å². The minimum absolute atomic E-state index is 0.657. The second kappa shape index (κ2) is 5.45. The van der Waals surface area contributed by atoms with Crippen molar-refractivity contribution in [1.29, 1.82) is 0 Å². The van der Waals surface area contributed by atoms with Gasteiger partial charge in [-0.1, -0.05) is 6.42 Å². The number of piperidine rings is 1. The molecule has 2 heterocycles. The van der Waals surface area contributed by atoms with Crippen molar-refractivity contribution in [1.82, 2.24) is 14.9 Å². The van der Waals surface area contributed by atoms with Crippen LogP contribution in [0.25, 0.3) is 0 Å². The Morgan fingerprint density at radius 3 is 2.47 bits per heavy atom. The van der Waals surface area contributed by atoms with Gasteiger partial charge in [-0.15, -0.1) is 0 Å². The highest BCUT2D eigenvalue weighted by atomic mass is 15.2. The van der Waals surface area contributed by atoms with Crippen molar-refractivity contribution in [2.24, 2.45) is 0 Å². The Kier molecular flexibility index (Phi) is 3.94. The summed E-state index contributed by atoms with van der Waals surface area (Å²) in [5.41, 5.74) is 1.06. The standard InChI is InChI=1S/C13H22N4/c1-10-5-4-6-11(2)17(10)9-12-7-16-13(14-3)8-15-12/h7-8,10-11H,4-6,9H2,1-3H3,(H,14,16)/t10-,11+. The first-order valence-electron chi connectivity index (χ1n) is 6.45. The van der Waals surface area contributed by atoms with E-state index >= 15 is 0 Å². The maximum absolute atomic E-state index is 4.45. The second-order valence-corrected chi connectivity index (χ2v) is 4.94. The predicted octanol–water partition coefficient (Wildman–Crippen LogP) is 2.28. The molecule has 1 aromatic rings. The zero-order valence-corrected chi connectivity index (χ0v) is 11.0. The van der Waals surface area contributed by atoms with Gasteiger partial charge in [0, 0.05) is 25.7 Å². The van der Waals surface area contributed by atoms with Gasteiger partial charge in [0.2, 0.25) is 0 Å². The number of aromatic nitrogens is 2. The highest BCUT2D eigenvalue weighted by Gasteiger charge is 2.24. The van der Waals surface area contributed by atoms with Crippen molar-refractivity contribution in [2.75, 3.05) is 12.4 Å². The lowest BCUT2D eigenvalue weighted by Gasteiger charge is -2.38.